The van der Waals surface area contributed by atoms with Crippen molar-refractivity contribution in [1.82, 2.24) is 15.3 Å². The zero-order valence-electron chi connectivity index (χ0n) is 18.0. The summed E-state index contributed by atoms with van der Waals surface area (Å²) in [4.78, 5) is 33.0. The van der Waals surface area contributed by atoms with Crippen LogP contribution in [0, 0.1) is 0 Å². The van der Waals surface area contributed by atoms with E-state index in [1.165, 1.54) is 0 Å². The number of hydrogen-bond acceptors (Lipinski definition) is 7. The molecule has 0 spiro atoms. The molecule has 0 atom stereocenters. The standard InChI is InChI=1S/C24H25N5O4/c30-21-14-33-20-5-4-17(27-22(20)29-21)12-26-16-6-9-24(32,10-7-16)23(31)28-19-3-1-2-15-8-11-25-13-18(15)19/h1-5,8,11,13,16,26,32H,6-7,9-10,12,14H2,(H,28,31)(H,27,29,30). The summed E-state index contributed by atoms with van der Waals surface area (Å²) in [5, 5.41) is 21.9. The van der Waals surface area contributed by atoms with Gasteiger partial charge in [0.2, 0.25) is 0 Å². The maximum Gasteiger partial charge on any atom is 0.263 e. The number of anilines is 2. The maximum absolute atomic E-state index is 12.9. The number of rotatable bonds is 5. The predicted octanol–water partition coefficient (Wildman–Crippen LogP) is 2.36. The van der Waals surface area contributed by atoms with Crippen LogP contribution in [-0.2, 0) is 16.1 Å². The Bertz CT molecular complexity index is 1200. The predicted molar refractivity (Wildman–Crippen MR) is 123 cm³/mol. The number of carbonyl (C=O) groups excluding carboxylic acids is 2. The van der Waals surface area contributed by atoms with E-state index >= 15 is 0 Å². The highest BCUT2D eigenvalue weighted by molar-refractivity contribution is 6.04. The molecule has 3 heterocycles. The molecule has 0 unspecified atom stereocenters. The van der Waals surface area contributed by atoms with E-state index in [1.54, 1.807) is 18.5 Å². The van der Waals surface area contributed by atoms with E-state index < -0.39 is 5.60 Å². The summed E-state index contributed by atoms with van der Waals surface area (Å²) in [6.07, 6.45) is 5.46. The van der Waals surface area contributed by atoms with E-state index in [4.69, 9.17) is 4.74 Å². The molecule has 170 valence electrons. The number of ether oxygens (including phenoxy) is 1. The second-order valence-electron chi connectivity index (χ2n) is 8.53. The molecule has 2 amide bonds. The third kappa shape index (κ3) is 4.50. The minimum absolute atomic E-state index is 0.00221. The van der Waals surface area contributed by atoms with Gasteiger partial charge in [-0.3, -0.25) is 14.6 Å². The van der Waals surface area contributed by atoms with Crippen molar-refractivity contribution in [2.24, 2.45) is 0 Å². The Labute approximate surface area is 190 Å². The van der Waals surface area contributed by atoms with Crippen molar-refractivity contribution in [2.75, 3.05) is 17.2 Å². The molecule has 1 aromatic carbocycles. The molecule has 2 aromatic heterocycles. The summed E-state index contributed by atoms with van der Waals surface area (Å²) in [6, 6.07) is 11.3. The molecule has 4 N–H and O–H groups in total. The van der Waals surface area contributed by atoms with Crippen molar-refractivity contribution in [3.8, 4) is 5.75 Å². The third-order valence-electron chi connectivity index (χ3n) is 6.27. The molecule has 0 radical (unpaired) electrons. The molecule has 0 bridgehead atoms. The molecule has 0 saturated heterocycles. The number of aromatic nitrogens is 2. The summed E-state index contributed by atoms with van der Waals surface area (Å²) in [5.41, 5.74) is 0.0188. The van der Waals surface area contributed by atoms with Crippen LogP contribution in [0.25, 0.3) is 10.8 Å². The first-order chi connectivity index (χ1) is 16.0. The van der Waals surface area contributed by atoms with Gasteiger partial charge in [-0.2, -0.15) is 0 Å². The fraction of sp³-hybridized carbons (Fsp3) is 0.333. The monoisotopic (exact) mass is 447 g/mol. The topological polar surface area (TPSA) is 125 Å². The molecule has 5 rings (SSSR count). The number of benzene rings is 1. The van der Waals surface area contributed by atoms with Crippen LogP contribution < -0.4 is 20.7 Å². The van der Waals surface area contributed by atoms with Gasteiger partial charge in [0.25, 0.3) is 11.8 Å². The number of fused-ring (bicyclic) bond motifs is 2. The molecule has 1 aliphatic carbocycles. The Morgan fingerprint density at radius 2 is 2.06 bits per heavy atom. The Hall–Kier alpha value is -3.56. The number of carbonyl (C=O) groups is 2. The highest BCUT2D eigenvalue weighted by Gasteiger charge is 2.40. The van der Waals surface area contributed by atoms with Gasteiger partial charge in [-0.1, -0.05) is 12.1 Å². The summed E-state index contributed by atoms with van der Waals surface area (Å²) in [5.74, 6) is 0.395. The molecule has 2 aliphatic rings. The lowest BCUT2D eigenvalue weighted by Crippen LogP contribution is -2.48. The van der Waals surface area contributed by atoms with Crippen molar-refractivity contribution in [3.05, 3.63) is 54.5 Å². The Morgan fingerprint density at radius 3 is 2.91 bits per heavy atom. The number of amides is 2. The van der Waals surface area contributed by atoms with E-state index in [0.29, 0.717) is 49.5 Å². The van der Waals surface area contributed by atoms with Gasteiger partial charge < -0.3 is 25.8 Å². The van der Waals surface area contributed by atoms with Crippen LogP contribution in [0.1, 0.15) is 31.4 Å². The molecule has 1 aliphatic heterocycles. The summed E-state index contributed by atoms with van der Waals surface area (Å²) in [6.45, 7) is 0.518. The van der Waals surface area contributed by atoms with Gasteiger partial charge in [-0.25, -0.2) is 4.98 Å². The first kappa shape index (κ1) is 21.3. The zero-order chi connectivity index (χ0) is 22.8. The van der Waals surface area contributed by atoms with Crippen molar-refractivity contribution < 1.29 is 19.4 Å². The summed E-state index contributed by atoms with van der Waals surface area (Å²) >= 11 is 0. The lowest BCUT2D eigenvalue weighted by molar-refractivity contribution is -0.137. The van der Waals surface area contributed by atoms with Gasteiger partial charge in [-0.05, 0) is 55.3 Å². The van der Waals surface area contributed by atoms with E-state index in [2.05, 4.69) is 25.9 Å². The van der Waals surface area contributed by atoms with Gasteiger partial charge >= 0.3 is 0 Å². The lowest BCUT2D eigenvalue weighted by Gasteiger charge is -2.35. The minimum atomic E-state index is -1.41. The SMILES string of the molecule is O=C1COc2ccc(CNC3CCC(O)(C(=O)Nc4cccc5ccncc45)CC3)nc2N1. The molecule has 33 heavy (non-hydrogen) atoms. The van der Waals surface area contributed by atoms with E-state index in [-0.39, 0.29) is 24.5 Å². The molecule has 9 nitrogen and oxygen atoms in total. The quantitative estimate of drug-likeness (QED) is 0.473. The third-order valence-corrected chi connectivity index (χ3v) is 6.27. The van der Waals surface area contributed by atoms with Crippen molar-refractivity contribution in [1.29, 1.82) is 0 Å². The molecule has 1 saturated carbocycles. The van der Waals surface area contributed by atoms with Crippen LogP contribution in [0.2, 0.25) is 0 Å². The second kappa shape index (κ2) is 8.76. The number of hydrogen-bond donors (Lipinski definition) is 4. The Balaban J connectivity index is 1.17. The number of aliphatic hydroxyl groups is 1. The average Bonchev–Trinajstić information content (AvgIpc) is 2.83. The largest absolute Gasteiger partial charge is 0.480 e. The minimum Gasteiger partial charge on any atom is -0.480 e. The fourth-order valence-electron chi connectivity index (χ4n) is 4.34. The van der Waals surface area contributed by atoms with Crippen molar-refractivity contribution >= 4 is 34.1 Å². The molecular weight excluding hydrogens is 422 g/mol. The van der Waals surface area contributed by atoms with Gasteiger partial charge in [-0.15, -0.1) is 0 Å². The van der Waals surface area contributed by atoms with Crippen LogP contribution in [0.5, 0.6) is 5.75 Å². The van der Waals surface area contributed by atoms with Gasteiger partial charge in [0.1, 0.15) is 5.60 Å². The fourth-order valence-corrected chi connectivity index (χ4v) is 4.34. The zero-order valence-corrected chi connectivity index (χ0v) is 18.0. The van der Waals surface area contributed by atoms with E-state index in [9.17, 15) is 14.7 Å². The molecule has 1 fully saturated rings. The van der Waals surface area contributed by atoms with Crippen LogP contribution in [-0.4, -0.2) is 45.1 Å². The molecular formula is C24H25N5O4. The molecule has 9 heteroatoms. The van der Waals surface area contributed by atoms with Gasteiger partial charge in [0.15, 0.2) is 18.2 Å². The number of pyridine rings is 2. The maximum atomic E-state index is 12.9. The molecule has 3 aromatic rings. The second-order valence-corrected chi connectivity index (χ2v) is 8.53. The number of nitrogens with zero attached hydrogens (tertiary/aromatic N) is 2. The Morgan fingerprint density at radius 1 is 1.21 bits per heavy atom. The van der Waals surface area contributed by atoms with Crippen molar-refractivity contribution in [2.45, 2.75) is 43.9 Å². The summed E-state index contributed by atoms with van der Waals surface area (Å²) in [7, 11) is 0. The van der Waals surface area contributed by atoms with E-state index in [0.717, 1.165) is 16.5 Å². The van der Waals surface area contributed by atoms with Crippen LogP contribution >= 0.6 is 0 Å². The number of nitrogens with one attached hydrogen (secondary N) is 3. The highest BCUT2D eigenvalue weighted by atomic mass is 16.5. The summed E-state index contributed by atoms with van der Waals surface area (Å²) < 4.78 is 5.33. The first-order valence-corrected chi connectivity index (χ1v) is 11.0. The van der Waals surface area contributed by atoms with Gasteiger partial charge in [0.05, 0.1) is 11.4 Å². The van der Waals surface area contributed by atoms with E-state index in [1.807, 2.05) is 30.3 Å². The van der Waals surface area contributed by atoms with Crippen LogP contribution in [0.3, 0.4) is 0 Å². The van der Waals surface area contributed by atoms with Crippen LogP contribution in [0.4, 0.5) is 11.5 Å². The lowest BCUT2D eigenvalue weighted by atomic mass is 9.81. The first-order valence-electron chi connectivity index (χ1n) is 11.0. The highest BCUT2D eigenvalue weighted by Crippen LogP contribution is 2.31. The van der Waals surface area contributed by atoms with Crippen LogP contribution in [0.15, 0.2) is 48.8 Å². The van der Waals surface area contributed by atoms with Gasteiger partial charge in [0, 0.05) is 30.4 Å². The Kier molecular flexibility index (Phi) is 5.65. The van der Waals surface area contributed by atoms with Crippen molar-refractivity contribution in [3.63, 3.8) is 0 Å². The normalized spacial score (nSPS) is 22.2. The average molecular weight is 447 g/mol. The smallest absolute Gasteiger partial charge is 0.263 e.